The number of halogens is 4. The Labute approximate surface area is 680 Å². The van der Waals surface area contributed by atoms with E-state index in [-0.39, 0.29) is 12.3 Å². The topological polar surface area (TPSA) is 247 Å². The minimum Gasteiger partial charge on any atom is -0.265 e. The van der Waals surface area contributed by atoms with Crippen molar-refractivity contribution in [2.75, 3.05) is 12.0 Å². The zero-order valence-electron chi connectivity index (χ0n) is 61.3. The molecule has 0 aliphatic heterocycles. The molecule has 19 rings (SSSR count). The van der Waals surface area contributed by atoms with E-state index in [0.29, 0.717) is 96.2 Å². The van der Waals surface area contributed by atoms with Gasteiger partial charge < -0.3 is 0 Å². The van der Waals surface area contributed by atoms with Crippen molar-refractivity contribution in [3.8, 4) is 90.1 Å². The molecule has 0 saturated carbocycles. The molecule has 21 nitrogen and oxygen atoms in total. The number of aryl methyl sites for hydroxylation is 1. The van der Waals surface area contributed by atoms with Gasteiger partial charge in [-0.25, -0.2) is 27.1 Å². The van der Waals surface area contributed by atoms with E-state index >= 15 is 0 Å². The van der Waals surface area contributed by atoms with E-state index in [1.807, 2.05) is 305 Å². The summed E-state index contributed by atoms with van der Waals surface area (Å²) in [6, 6.07) is 92.3. The van der Waals surface area contributed by atoms with E-state index in [1.54, 1.807) is 29.5 Å². The number of hydrogen-bond donors (Lipinski definition) is 0. The third-order valence-corrected chi connectivity index (χ3v) is 21.0. The largest absolute Gasteiger partial charge is 0.265 e. The quantitative estimate of drug-likeness (QED) is 0.0822. The van der Waals surface area contributed by atoms with Crippen molar-refractivity contribution in [2.45, 2.75) is 26.2 Å². The lowest BCUT2D eigenvalue weighted by Crippen LogP contribution is -2.12. The molecule has 0 spiro atoms. The van der Waals surface area contributed by atoms with Crippen LogP contribution in [-0.2, 0) is 36.0 Å². The Morgan fingerprint density at radius 2 is 0.574 bits per heavy atom. The molecule has 0 bridgehead atoms. The Hall–Kier alpha value is -13.5. The molecule has 19 aromatic rings. The molecule has 0 N–H and O–H groups in total. The van der Waals surface area contributed by atoms with Crippen molar-refractivity contribution < 1.29 is 8.42 Å². The lowest BCUT2D eigenvalue weighted by atomic mass is 10.1. The van der Waals surface area contributed by atoms with Gasteiger partial charge in [0.05, 0.1) is 79.3 Å². The predicted octanol–water partition coefficient (Wildman–Crippen LogP) is 19.6. The van der Waals surface area contributed by atoms with E-state index in [4.69, 9.17) is 61.7 Å². The second-order valence-electron chi connectivity index (χ2n) is 26.4. The highest BCUT2D eigenvalue weighted by Crippen LogP contribution is 2.42. The summed E-state index contributed by atoms with van der Waals surface area (Å²) in [4.78, 5) is 12.7. The third-order valence-electron chi connectivity index (χ3n) is 18.6. The molecule has 0 fully saturated rings. The van der Waals surface area contributed by atoms with Crippen LogP contribution in [0, 0.1) is 0 Å². The minimum absolute atomic E-state index is 0.0439. The van der Waals surface area contributed by atoms with E-state index in [2.05, 4.69) is 60.8 Å². The van der Waals surface area contributed by atoms with Gasteiger partial charge >= 0.3 is 0 Å². The molecule has 8 aromatic carbocycles. The van der Waals surface area contributed by atoms with Crippen molar-refractivity contribution in [1.82, 2.24) is 94.9 Å². The van der Waals surface area contributed by atoms with Crippen molar-refractivity contribution in [3.05, 3.63) is 353 Å². The van der Waals surface area contributed by atoms with Crippen LogP contribution < -0.4 is 0 Å². The summed E-state index contributed by atoms with van der Waals surface area (Å²) < 4.78 is 30.3. The van der Waals surface area contributed by atoms with Crippen molar-refractivity contribution >= 4 is 100 Å². The van der Waals surface area contributed by atoms with Gasteiger partial charge in [0, 0.05) is 81.7 Å². The average molecular weight is 1610 g/mol. The second kappa shape index (κ2) is 34.6. The van der Waals surface area contributed by atoms with Crippen LogP contribution in [0.2, 0.25) is 20.1 Å². The highest BCUT2D eigenvalue weighted by molar-refractivity contribution is 7.90. The van der Waals surface area contributed by atoms with Crippen LogP contribution >= 0.6 is 46.4 Å². The fourth-order valence-electron chi connectivity index (χ4n) is 13.1. The lowest BCUT2D eigenvalue weighted by molar-refractivity contribution is 0.588. The Balaban J connectivity index is 0.000000115. The zero-order chi connectivity index (χ0) is 78.6. The summed E-state index contributed by atoms with van der Waals surface area (Å²) in [7, 11) is -3.15. The second-order valence-corrected chi connectivity index (χ2v) is 30.2. The SMILES string of the molecule is CS(=O)(=O)CCn1nc(-c2ccccc2)c2c(Cl)c(-c3ccccc3)nnc21.Clc1c(-c2ccccc2)nnc2c1c(-c1ccccc1)nn2Cc1ccccn1.Clc1c(-c2ccccc2)nnc2c1c(-c1ccccc1)nn2Cc1cccnc1.Clc1c(-c2ccccc2)nnc2c1c(-c1ccccc1)nn2Cc1ccncc1. The third kappa shape index (κ3) is 16.9. The number of hydrogen-bond acceptors (Lipinski definition) is 17. The summed E-state index contributed by atoms with van der Waals surface area (Å²) in [5.74, 6) is -0.0439. The molecule has 11 aromatic heterocycles. The summed E-state index contributed by atoms with van der Waals surface area (Å²) in [6.07, 6.45) is 10.1. The number of benzene rings is 8. The van der Waals surface area contributed by atoms with Crippen molar-refractivity contribution in [3.63, 3.8) is 0 Å². The normalized spacial score (nSPS) is 11.2. The maximum Gasteiger partial charge on any atom is 0.182 e. The summed E-state index contributed by atoms with van der Waals surface area (Å²) in [5, 5.41) is 59.8. The van der Waals surface area contributed by atoms with E-state index < -0.39 is 9.84 Å². The number of aromatic nitrogens is 19. The Bertz CT molecular complexity index is 6190. The number of fused-ring (bicyclic) bond motifs is 4. The van der Waals surface area contributed by atoms with Crippen molar-refractivity contribution in [1.29, 1.82) is 0 Å². The molecule has 11 heterocycles. The average Bonchev–Trinajstić information content (AvgIpc) is 1.53. The van der Waals surface area contributed by atoms with Crippen LogP contribution in [0.4, 0.5) is 0 Å². The number of pyridine rings is 3. The maximum absolute atomic E-state index is 11.6. The molecule has 0 aliphatic carbocycles. The van der Waals surface area contributed by atoms with Crippen LogP contribution in [0.1, 0.15) is 16.8 Å². The first-order valence-electron chi connectivity index (χ1n) is 36.4. The first kappa shape index (κ1) is 75.6. The highest BCUT2D eigenvalue weighted by Gasteiger charge is 2.27. The Kier molecular flexibility index (Phi) is 22.8. The van der Waals surface area contributed by atoms with Crippen LogP contribution in [0.15, 0.2) is 316 Å². The molecule has 0 amide bonds. The summed E-state index contributed by atoms with van der Waals surface area (Å²) in [6.45, 7) is 1.76. The fourth-order valence-corrected chi connectivity index (χ4v) is 14.9. The molecule has 562 valence electrons. The van der Waals surface area contributed by atoms with Gasteiger partial charge in [-0.1, -0.05) is 301 Å². The van der Waals surface area contributed by atoms with Gasteiger partial charge in [-0.2, -0.15) is 20.4 Å². The zero-order valence-corrected chi connectivity index (χ0v) is 65.1. The Morgan fingerprint density at radius 3 is 0.878 bits per heavy atom. The van der Waals surface area contributed by atoms with Gasteiger partial charge in [0.1, 0.15) is 55.4 Å². The van der Waals surface area contributed by atoms with Gasteiger partial charge in [-0.15, -0.1) is 40.8 Å². The monoisotopic (exact) mass is 1600 g/mol. The van der Waals surface area contributed by atoms with Gasteiger partial charge in [-0.3, -0.25) is 15.0 Å². The van der Waals surface area contributed by atoms with Crippen LogP contribution in [0.3, 0.4) is 0 Å². The maximum atomic E-state index is 11.6. The van der Waals surface area contributed by atoms with Gasteiger partial charge in [-0.05, 0) is 41.5 Å². The highest BCUT2D eigenvalue weighted by atomic mass is 35.5. The van der Waals surface area contributed by atoms with Gasteiger partial charge in [0.2, 0.25) is 0 Å². The smallest absolute Gasteiger partial charge is 0.182 e. The molecule has 115 heavy (non-hydrogen) atoms. The predicted molar refractivity (Wildman–Crippen MR) is 455 cm³/mol. The van der Waals surface area contributed by atoms with E-state index in [0.717, 1.165) is 94.6 Å². The van der Waals surface area contributed by atoms with Gasteiger partial charge in [0.25, 0.3) is 0 Å². The van der Waals surface area contributed by atoms with Gasteiger partial charge in [0.15, 0.2) is 22.6 Å². The van der Waals surface area contributed by atoms with Crippen LogP contribution in [0.25, 0.3) is 134 Å². The van der Waals surface area contributed by atoms with E-state index in [1.165, 1.54) is 6.26 Å². The Morgan fingerprint density at radius 1 is 0.278 bits per heavy atom. The lowest BCUT2D eigenvalue weighted by Gasteiger charge is -2.06. The summed E-state index contributed by atoms with van der Waals surface area (Å²) >= 11 is 27.4. The molecular formula is C89H65Cl4N19O2S. The first-order chi connectivity index (χ1) is 56.4. The molecule has 0 aliphatic rings. The van der Waals surface area contributed by atoms with E-state index in [9.17, 15) is 8.42 Å². The van der Waals surface area contributed by atoms with Crippen molar-refractivity contribution in [2.24, 2.45) is 0 Å². The number of rotatable bonds is 17. The molecule has 26 heteroatoms. The minimum atomic E-state index is -3.15. The molecule has 0 atom stereocenters. The number of sulfone groups is 1. The van der Waals surface area contributed by atoms with Crippen LogP contribution in [0.5, 0.6) is 0 Å². The molecule has 0 unspecified atom stereocenters. The molecular weight excluding hydrogens is 1540 g/mol. The molecule has 0 saturated heterocycles. The number of nitrogens with zero attached hydrogens (tertiary/aromatic N) is 19. The standard InChI is InChI=1S/3C23H16ClN5.C20H17ClN4O2S/c24-20-19-21(17-9-3-1-4-10-17)28-29(15-16-8-7-13-25-14-16)23(19)27-26-22(20)18-11-5-2-6-12-18;24-20-19-21(16-9-3-1-4-10-16)28-29(15-18-13-7-8-14-25-18)23(19)27-26-22(20)17-11-5-2-6-12-17;24-20-19-21(17-7-3-1-4-8-17)28-29(15-16-11-13-25-14-12-16)23(19)27-26-22(20)18-9-5-2-6-10-18;1-28(26,27)13-12-25-20-16(18(24-25)14-8-4-2-5-9-14)17(21)19(22-23-20)15-10-6-3-7-11-15/h3*1-14H,15H2;2-11H,12-13H2,1H3. The summed E-state index contributed by atoms with van der Waals surface area (Å²) in [5.41, 5.74) is 18.4. The first-order valence-corrected chi connectivity index (χ1v) is 39.9. The fraction of sp³-hybridized carbons (Fsp3) is 0.0674. The van der Waals surface area contributed by atoms with Crippen LogP contribution in [-0.4, -0.2) is 115 Å². The molecule has 0 radical (unpaired) electrons.